The largest absolute Gasteiger partial charge is 0.236 e. The number of rotatable bonds is 2. The van der Waals surface area contributed by atoms with E-state index in [1.54, 1.807) is 24.3 Å². The zero-order valence-corrected chi connectivity index (χ0v) is 7.51. The number of alkyl halides is 1. The Hall–Kier alpha value is -0.820. The highest BCUT2D eigenvalue weighted by Gasteiger charge is 2.03. The Kier molecular flexibility index (Phi) is 3.30. The standard InChI is InChI=1S/C8H5Cl2NO/c9-7-3-1-6(2-4-7)8(10)11-5-12/h1-4,8H. The van der Waals surface area contributed by atoms with Crippen molar-refractivity contribution in [3.63, 3.8) is 0 Å². The maximum absolute atomic E-state index is 9.85. The second-order valence-corrected chi connectivity index (χ2v) is 2.96. The number of aliphatic imine (C=N–C) groups is 1. The summed E-state index contributed by atoms with van der Waals surface area (Å²) in [6.45, 7) is 0. The first-order valence-corrected chi connectivity index (χ1v) is 4.02. The van der Waals surface area contributed by atoms with Crippen molar-refractivity contribution in [1.82, 2.24) is 0 Å². The fourth-order valence-corrected chi connectivity index (χ4v) is 1.05. The first-order valence-electron chi connectivity index (χ1n) is 3.20. The Balaban J connectivity index is 2.89. The monoisotopic (exact) mass is 201 g/mol. The van der Waals surface area contributed by atoms with Crippen LogP contribution in [0.3, 0.4) is 0 Å². The van der Waals surface area contributed by atoms with Gasteiger partial charge in [0.1, 0.15) is 0 Å². The molecule has 0 aliphatic rings. The molecular weight excluding hydrogens is 197 g/mol. The number of hydrogen-bond donors (Lipinski definition) is 0. The van der Waals surface area contributed by atoms with E-state index in [1.807, 2.05) is 0 Å². The van der Waals surface area contributed by atoms with Gasteiger partial charge in [-0.15, -0.1) is 0 Å². The topological polar surface area (TPSA) is 29.4 Å². The Morgan fingerprint density at radius 1 is 1.33 bits per heavy atom. The maximum Gasteiger partial charge on any atom is 0.236 e. The number of hydrogen-bond acceptors (Lipinski definition) is 2. The Labute approximate surface area is 79.8 Å². The fourth-order valence-electron chi connectivity index (χ4n) is 0.742. The highest BCUT2D eigenvalue weighted by Crippen LogP contribution is 2.22. The number of isocyanates is 1. The lowest BCUT2D eigenvalue weighted by atomic mass is 10.2. The SMILES string of the molecule is O=C=NC(Cl)c1ccc(Cl)cc1. The van der Waals surface area contributed by atoms with Gasteiger partial charge in [-0.3, -0.25) is 0 Å². The first-order chi connectivity index (χ1) is 5.74. The average Bonchev–Trinajstić information content (AvgIpc) is 2.06. The number of nitrogens with zero attached hydrogens (tertiary/aromatic N) is 1. The predicted octanol–water partition coefficient (Wildman–Crippen LogP) is 2.91. The molecule has 1 aromatic rings. The highest BCUT2D eigenvalue weighted by atomic mass is 35.5. The van der Waals surface area contributed by atoms with Gasteiger partial charge in [-0.25, -0.2) is 4.79 Å². The van der Waals surface area contributed by atoms with Gasteiger partial charge in [0.05, 0.1) is 0 Å². The molecule has 0 saturated heterocycles. The molecule has 62 valence electrons. The van der Waals surface area contributed by atoms with Gasteiger partial charge in [-0.05, 0) is 17.7 Å². The highest BCUT2D eigenvalue weighted by molar-refractivity contribution is 6.30. The summed E-state index contributed by atoms with van der Waals surface area (Å²) in [7, 11) is 0. The van der Waals surface area contributed by atoms with Crippen LogP contribution in [0.2, 0.25) is 5.02 Å². The van der Waals surface area contributed by atoms with Crippen LogP contribution < -0.4 is 0 Å². The molecule has 12 heavy (non-hydrogen) atoms. The minimum Gasteiger partial charge on any atom is -0.211 e. The molecule has 0 aliphatic heterocycles. The second-order valence-electron chi connectivity index (χ2n) is 2.11. The maximum atomic E-state index is 9.85. The third-order valence-electron chi connectivity index (χ3n) is 1.31. The molecule has 2 nitrogen and oxygen atoms in total. The molecule has 1 atom stereocenters. The molecule has 0 N–H and O–H groups in total. The van der Waals surface area contributed by atoms with Crippen molar-refractivity contribution in [2.75, 3.05) is 0 Å². The summed E-state index contributed by atoms with van der Waals surface area (Å²) in [6, 6.07) is 6.79. The van der Waals surface area contributed by atoms with Crippen molar-refractivity contribution in [2.45, 2.75) is 5.50 Å². The Morgan fingerprint density at radius 3 is 2.42 bits per heavy atom. The van der Waals surface area contributed by atoms with Crippen molar-refractivity contribution in [3.05, 3.63) is 34.9 Å². The number of carbonyl (C=O) groups excluding carboxylic acids is 1. The molecule has 0 radical (unpaired) electrons. The second kappa shape index (κ2) is 4.27. The Bertz CT molecular complexity index is 303. The summed E-state index contributed by atoms with van der Waals surface area (Å²) in [4.78, 5) is 13.2. The van der Waals surface area contributed by atoms with E-state index in [1.165, 1.54) is 6.08 Å². The van der Waals surface area contributed by atoms with E-state index < -0.39 is 5.50 Å². The third-order valence-corrected chi connectivity index (χ3v) is 1.91. The summed E-state index contributed by atoms with van der Waals surface area (Å²) in [5, 5.41) is 0.623. The van der Waals surface area contributed by atoms with E-state index >= 15 is 0 Å². The van der Waals surface area contributed by atoms with E-state index in [4.69, 9.17) is 23.2 Å². The van der Waals surface area contributed by atoms with Crippen LogP contribution in [0.15, 0.2) is 29.3 Å². The molecule has 0 fully saturated rings. The average molecular weight is 202 g/mol. The lowest BCUT2D eigenvalue weighted by Gasteiger charge is -2.00. The lowest BCUT2D eigenvalue weighted by molar-refractivity contribution is 0.562. The van der Waals surface area contributed by atoms with Gasteiger partial charge in [0.15, 0.2) is 5.50 Å². The summed E-state index contributed by atoms with van der Waals surface area (Å²) >= 11 is 11.3. The fraction of sp³-hybridized carbons (Fsp3) is 0.125. The number of benzene rings is 1. The van der Waals surface area contributed by atoms with E-state index in [2.05, 4.69) is 4.99 Å². The molecular formula is C8H5Cl2NO. The van der Waals surface area contributed by atoms with Crippen molar-refractivity contribution in [1.29, 1.82) is 0 Å². The molecule has 0 heterocycles. The lowest BCUT2D eigenvalue weighted by Crippen LogP contribution is -1.84. The van der Waals surface area contributed by atoms with E-state index in [0.717, 1.165) is 5.56 Å². The van der Waals surface area contributed by atoms with E-state index in [-0.39, 0.29) is 0 Å². The summed E-state index contributed by atoms with van der Waals surface area (Å²) < 4.78 is 0. The van der Waals surface area contributed by atoms with Crippen LogP contribution in [0.4, 0.5) is 0 Å². The summed E-state index contributed by atoms with van der Waals surface area (Å²) in [5.74, 6) is 0. The first kappa shape index (κ1) is 9.27. The molecule has 0 saturated carbocycles. The van der Waals surface area contributed by atoms with Crippen LogP contribution in [0.25, 0.3) is 0 Å². The van der Waals surface area contributed by atoms with E-state index in [9.17, 15) is 4.79 Å². The predicted molar refractivity (Wildman–Crippen MR) is 48.2 cm³/mol. The molecule has 1 aromatic carbocycles. The third kappa shape index (κ3) is 2.35. The molecule has 4 heteroatoms. The summed E-state index contributed by atoms with van der Waals surface area (Å²) in [5.41, 5.74) is 0.0594. The van der Waals surface area contributed by atoms with Crippen LogP contribution in [0.5, 0.6) is 0 Å². The van der Waals surface area contributed by atoms with Crippen molar-refractivity contribution < 1.29 is 4.79 Å². The normalized spacial score (nSPS) is 11.8. The molecule has 1 unspecified atom stereocenters. The van der Waals surface area contributed by atoms with Gasteiger partial charge in [-0.2, -0.15) is 4.99 Å². The van der Waals surface area contributed by atoms with Crippen molar-refractivity contribution in [3.8, 4) is 0 Å². The van der Waals surface area contributed by atoms with Gasteiger partial charge in [0.25, 0.3) is 0 Å². The van der Waals surface area contributed by atoms with Gasteiger partial charge < -0.3 is 0 Å². The van der Waals surface area contributed by atoms with Crippen LogP contribution in [-0.4, -0.2) is 6.08 Å². The zero-order valence-electron chi connectivity index (χ0n) is 6.00. The smallest absolute Gasteiger partial charge is 0.211 e. The Morgan fingerprint density at radius 2 is 1.92 bits per heavy atom. The van der Waals surface area contributed by atoms with Crippen LogP contribution >= 0.6 is 23.2 Å². The molecule has 0 aliphatic carbocycles. The molecule has 0 bridgehead atoms. The quantitative estimate of drug-likeness (QED) is 0.313. The van der Waals surface area contributed by atoms with Crippen LogP contribution in [0, 0.1) is 0 Å². The van der Waals surface area contributed by atoms with Crippen molar-refractivity contribution in [2.24, 2.45) is 4.99 Å². The van der Waals surface area contributed by atoms with Gasteiger partial charge in [-0.1, -0.05) is 35.3 Å². The molecule has 0 aromatic heterocycles. The molecule has 0 spiro atoms. The zero-order chi connectivity index (χ0) is 8.97. The van der Waals surface area contributed by atoms with Gasteiger partial charge in [0.2, 0.25) is 6.08 Å². The minimum atomic E-state index is -0.667. The molecule has 0 amide bonds. The minimum absolute atomic E-state index is 0.623. The van der Waals surface area contributed by atoms with Crippen molar-refractivity contribution >= 4 is 29.3 Å². The van der Waals surface area contributed by atoms with Gasteiger partial charge in [0, 0.05) is 5.02 Å². The summed E-state index contributed by atoms with van der Waals surface area (Å²) in [6.07, 6.45) is 1.39. The molecule has 1 rings (SSSR count). The van der Waals surface area contributed by atoms with E-state index in [0.29, 0.717) is 5.02 Å². The van der Waals surface area contributed by atoms with Crippen LogP contribution in [0.1, 0.15) is 11.1 Å². The van der Waals surface area contributed by atoms with Gasteiger partial charge >= 0.3 is 0 Å². The van der Waals surface area contributed by atoms with Crippen LogP contribution in [-0.2, 0) is 4.79 Å². The number of halogens is 2.